The molecule has 1 heterocycles. The summed E-state index contributed by atoms with van der Waals surface area (Å²) in [6.45, 7) is 0. The van der Waals surface area contributed by atoms with E-state index in [2.05, 4.69) is 20.0 Å². The van der Waals surface area contributed by atoms with Crippen LogP contribution in [0.1, 0.15) is 24.6 Å². The highest BCUT2D eigenvalue weighted by atomic mass is 17.0. The molecule has 9 nitrogen and oxygen atoms in total. The minimum Gasteiger partial charge on any atom is -0.379 e. The van der Waals surface area contributed by atoms with Gasteiger partial charge in [0.05, 0.1) is 6.10 Å². The predicted octanol–water partition coefficient (Wildman–Crippen LogP) is -0.433. The number of H-pyrrole nitrogens is 2. The molecule has 3 unspecified atom stereocenters. The van der Waals surface area contributed by atoms with Gasteiger partial charge in [-0.2, -0.15) is 5.10 Å². The minimum atomic E-state index is -0.827. The molecule has 0 aromatic carbocycles. The molecule has 2 N–H and O–H groups in total. The van der Waals surface area contributed by atoms with Crippen LogP contribution in [0.15, 0.2) is 4.79 Å². The van der Waals surface area contributed by atoms with Gasteiger partial charge in [-0.15, -0.1) is 10.1 Å². The molecule has 0 bridgehead atoms. The predicted molar refractivity (Wildman–Crippen MR) is 53.8 cm³/mol. The van der Waals surface area contributed by atoms with E-state index in [1.54, 1.807) is 0 Å². The molecule has 2 rings (SSSR count). The number of hydrogen-bond acceptors (Lipinski definition) is 6. The summed E-state index contributed by atoms with van der Waals surface area (Å²) >= 11 is 0. The molecule has 0 spiro atoms. The van der Waals surface area contributed by atoms with Gasteiger partial charge in [-0.1, -0.05) is 0 Å². The molecule has 1 aromatic rings. The standard InChI is InChI=1S/C8H12N4O5/c1-16-5-2-4(3-6(5)17-12(14)15)7-9-8(13)11-10-7/h4-6H,2-3H2,1H3,(H2,9,10,11,13). The second kappa shape index (κ2) is 4.53. The summed E-state index contributed by atoms with van der Waals surface area (Å²) < 4.78 is 5.12. The first-order chi connectivity index (χ1) is 8.10. The van der Waals surface area contributed by atoms with Crippen LogP contribution >= 0.6 is 0 Å². The minimum absolute atomic E-state index is 0.108. The lowest BCUT2D eigenvalue weighted by Crippen LogP contribution is -2.27. The molecule has 17 heavy (non-hydrogen) atoms. The molecule has 0 radical (unpaired) electrons. The van der Waals surface area contributed by atoms with E-state index in [0.29, 0.717) is 18.7 Å². The SMILES string of the molecule is COC1CC(c2n[nH]c(=O)[nH]2)CC1O[N+](=O)[O-]. The Labute approximate surface area is 95.2 Å². The number of nitrogens with zero attached hydrogens (tertiary/aromatic N) is 2. The molecule has 0 aliphatic heterocycles. The van der Waals surface area contributed by atoms with Gasteiger partial charge in [0.2, 0.25) is 0 Å². The van der Waals surface area contributed by atoms with Crippen LogP contribution in [0.4, 0.5) is 0 Å². The first kappa shape index (κ1) is 11.6. The molecular formula is C8H12N4O5. The average Bonchev–Trinajstić information content (AvgIpc) is 2.83. The van der Waals surface area contributed by atoms with Gasteiger partial charge in [-0.25, -0.2) is 9.89 Å². The van der Waals surface area contributed by atoms with Crippen LogP contribution in [0.5, 0.6) is 0 Å². The summed E-state index contributed by atoms with van der Waals surface area (Å²) in [7, 11) is 1.47. The summed E-state index contributed by atoms with van der Waals surface area (Å²) in [5, 5.41) is 15.5. The molecular weight excluding hydrogens is 232 g/mol. The van der Waals surface area contributed by atoms with E-state index in [9.17, 15) is 14.9 Å². The Hall–Kier alpha value is -1.90. The lowest BCUT2D eigenvalue weighted by Gasteiger charge is -2.14. The van der Waals surface area contributed by atoms with Crippen LogP contribution in [0.25, 0.3) is 0 Å². The average molecular weight is 244 g/mol. The van der Waals surface area contributed by atoms with E-state index >= 15 is 0 Å². The summed E-state index contributed by atoms with van der Waals surface area (Å²) in [6, 6.07) is 0. The van der Waals surface area contributed by atoms with Crippen molar-refractivity contribution in [3.8, 4) is 0 Å². The van der Waals surface area contributed by atoms with E-state index in [-0.39, 0.29) is 12.0 Å². The van der Waals surface area contributed by atoms with Gasteiger partial charge < -0.3 is 9.57 Å². The Bertz CT molecular complexity index is 455. The first-order valence-electron chi connectivity index (χ1n) is 5.08. The highest BCUT2D eigenvalue weighted by Gasteiger charge is 2.39. The fourth-order valence-corrected chi connectivity index (χ4v) is 2.13. The van der Waals surface area contributed by atoms with Crippen LogP contribution in [0.3, 0.4) is 0 Å². The Morgan fingerprint density at radius 2 is 2.18 bits per heavy atom. The van der Waals surface area contributed by atoms with Crippen molar-refractivity contribution in [2.24, 2.45) is 0 Å². The summed E-state index contributed by atoms with van der Waals surface area (Å²) in [6.07, 6.45) is -0.0818. The van der Waals surface area contributed by atoms with Gasteiger partial charge in [0, 0.05) is 13.0 Å². The Morgan fingerprint density at radius 3 is 2.71 bits per heavy atom. The second-order valence-electron chi connectivity index (χ2n) is 3.87. The molecule has 1 aliphatic carbocycles. The molecule has 1 aromatic heterocycles. The molecule has 9 heteroatoms. The zero-order valence-electron chi connectivity index (χ0n) is 9.08. The highest BCUT2D eigenvalue weighted by molar-refractivity contribution is 5.01. The number of nitrogens with one attached hydrogen (secondary N) is 2. The van der Waals surface area contributed by atoms with Crippen LogP contribution in [0.2, 0.25) is 0 Å². The lowest BCUT2D eigenvalue weighted by molar-refractivity contribution is -0.770. The molecule has 0 amide bonds. The highest BCUT2D eigenvalue weighted by Crippen LogP contribution is 2.35. The van der Waals surface area contributed by atoms with E-state index in [1.807, 2.05) is 0 Å². The molecule has 94 valence electrons. The van der Waals surface area contributed by atoms with Crippen LogP contribution in [-0.2, 0) is 9.57 Å². The summed E-state index contributed by atoms with van der Waals surface area (Å²) in [5.41, 5.74) is -0.396. The lowest BCUT2D eigenvalue weighted by atomic mass is 10.1. The summed E-state index contributed by atoms with van der Waals surface area (Å²) in [5.74, 6) is 0.371. The zero-order valence-corrected chi connectivity index (χ0v) is 9.08. The van der Waals surface area contributed by atoms with Crippen LogP contribution in [-0.4, -0.2) is 39.6 Å². The number of methoxy groups -OCH3 is 1. The van der Waals surface area contributed by atoms with Gasteiger partial charge in [-0.3, -0.25) is 4.98 Å². The smallest absolute Gasteiger partial charge is 0.340 e. The fourth-order valence-electron chi connectivity index (χ4n) is 2.13. The third-order valence-electron chi connectivity index (χ3n) is 2.88. The van der Waals surface area contributed by atoms with Gasteiger partial charge in [0.25, 0.3) is 5.09 Å². The van der Waals surface area contributed by atoms with Crippen molar-refractivity contribution < 1.29 is 14.7 Å². The number of aromatic amines is 2. The Kier molecular flexibility index (Phi) is 3.09. The van der Waals surface area contributed by atoms with E-state index < -0.39 is 16.9 Å². The third kappa shape index (κ3) is 2.44. The van der Waals surface area contributed by atoms with Crippen molar-refractivity contribution in [1.29, 1.82) is 0 Å². The van der Waals surface area contributed by atoms with Crippen molar-refractivity contribution in [1.82, 2.24) is 15.2 Å². The van der Waals surface area contributed by atoms with Gasteiger partial charge in [-0.05, 0) is 12.8 Å². The van der Waals surface area contributed by atoms with Crippen molar-refractivity contribution in [2.45, 2.75) is 31.0 Å². The van der Waals surface area contributed by atoms with Gasteiger partial charge in [0.1, 0.15) is 11.9 Å². The monoisotopic (exact) mass is 244 g/mol. The first-order valence-corrected chi connectivity index (χ1v) is 5.08. The number of hydrogen-bond donors (Lipinski definition) is 2. The largest absolute Gasteiger partial charge is 0.379 e. The number of aromatic nitrogens is 3. The van der Waals surface area contributed by atoms with Crippen LogP contribution in [0, 0.1) is 10.1 Å². The zero-order chi connectivity index (χ0) is 12.4. The van der Waals surface area contributed by atoms with E-state index in [4.69, 9.17) is 4.74 Å². The maximum absolute atomic E-state index is 10.9. The van der Waals surface area contributed by atoms with Crippen molar-refractivity contribution >= 4 is 0 Å². The van der Waals surface area contributed by atoms with Crippen molar-refractivity contribution in [2.75, 3.05) is 7.11 Å². The number of rotatable bonds is 4. The Morgan fingerprint density at radius 1 is 1.47 bits per heavy atom. The fraction of sp³-hybridized carbons (Fsp3) is 0.750. The van der Waals surface area contributed by atoms with E-state index in [0.717, 1.165) is 0 Å². The van der Waals surface area contributed by atoms with E-state index in [1.165, 1.54) is 7.11 Å². The summed E-state index contributed by atoms with van der Waals surface area (Å²) in [4.78, 5) is 28.3. The quantitative estimate of drug-likeness (QED) is 0.547. The molecule has 0 saturated heterocycles. The number of ether oxygens (including phenoxy) is 1. The molecule has 1 aliphatic rings. The normalized spacial score (nSPS) is 28.2. The molecule has 1 fully saturated rings. The maximum Gasteiger partial charge on any atom is 0.340 e. The molecule has 3 atom stereocenters. The Balaban J connectivity index is 2.09. The third-order valence-corrected chi connectivity index (χ3v) is 2.88. The maximum atomic E-state index is 10.9. The van der Waals surface area contributed by atoms with Crippen LogP contribution < -0.4 is 5.69 Å². The van der Waals surface area contributed by atoms with Crippen molar-refractivity contribution in [3.63, 3.8) is 0 Å². The topological polar surface area (TPSA) is 123 Å². The van der Waals surface area contributed by atoms with Gasteiger partial charge >= 0.3 is 5.69 Å². The van der Waals surface area contributed by atoms with Gasteiger partial charge in [0.15, 0.2) is 0 Å². The van der Waals surface area contributed by atoms with Crippen molar-refractivity contribution in [3.05, 3.63) is 26.4 Å². The molecule has 1 saturated carbocycles. The second-order valence-corrected chi connectivity index (χ2v) is 3.87.